The Balaban J connectivity index is 1.66. The van der Waals surface area contributed by atoms with Crippen molar-refractivity contribution in [2.45, 2.75) is 13.5 Å². The first-order valence-corrected chi connectivity index (χ1v) is 8.37. The zero-order chi connectivity index (χ0) is 16.4. The van der Waals surface area contributed by atoms with E-state index >= 15 is 0 Å². The normalized spacial score (nSPS) is 15.1. The molecule has 23 heavy (non-hydrogen) atoms. The van der Waals surface area contributed by atoms with E-state index < -0.39 is 0 Å². The van der Waals surface area contributed by atoms with Crippen molar-refractivity contribution in [2.24, 2.45) is 0 Å². The summed E-state index contributed by atoms with van der Waals surface area (Å²) in [5.41, 5.74) is 1.68. The Labute approximate surface area is 145 Å². The van der Waals surface area contributed by atoms with Crippen molar-refractivity contribution in [3.63, 3.8) is 0 Å². The Kier molecular flexibility index (Phi) is 4.78. The number of carbonyl (C=O) groups excluding carboxylic acids is 1. The molecule has 5 nitrogen and oxygen atoms in total. The standard InChI is InChI=1S/C16H18Cl2N4O/c1-2-22-15(5-6-19-22)16(23)21-9-7-20(8-10-21)12-3-4-13(17)14(18)11-12/h3-6,11H,2,7-10H2,1H3. The van der Waals surface area contributed by atoms with Crippen LogP contribution in [0.15, 0.2) is 30.5 Å². The highest BCUT2D eigenvalue weighted by Gasteiger charge is 2.24. The van der Waals surface area contributed by atoms with Gasteiger partial charge in [0.15, 0.2) is 0 Å². The van der Waals surface area contributed by atoms with Crippen LogP contribution in [0.2, 0.25) is 10.0 Å². The number of piperazine rings is 1. The number of carbonyl (C=O) groups is 1. The summed E-state index contributed by atoms with van der Waals surface area (Å²) in [6, 6.07) is 7.40. The smallest absolute Gasteiger partial charge is 0.272 e. The molecule has 0 atom stereocenters. The fourth-order valence-electron chi connectivity index (χ4n) is 2.78. The maximum Gasteiger partial charge on any atom is 0.272 e. The van der Waals surface area contributed by atoms with Gasteiger partial charge in [-0.2, -0.15) is 5.10 Å². The van der Waals surface area contributed by atoms with Crippen LogP contribution in [0, 0.1) is 0 Å². The average molecular weight is 353 g/mol. The predicted molar refractivity (Wildman–Crippen MR) is 92.5 cm³/mol. The van der Waals surface area contributed by atoms with Crippen LogP contribution in [-0.4, -0.2) is 46.8 Å². The third kappa shape index (κ3) is 3.31. The summed E-state index contributed by atoms with van der Waals surface area (Å²) in [4.78, 5) is 16.7. The van der Waals surface area contributed by atoms with Crippen molar-refractivity contribution in [1.29, 1.82) is 0 Å². The van der Waals surface area contributed by atoms with Gasteiger partial charge in [-0.05, 0) is 31.2 Å². The van der Waals surface area contributed by atoms with Gasteiger partial charge in [0.25, 0.3) is 5.91 Å². The third-order valence-corrected chi connectivity index (χ3v) is 4.81. The van der Waals surface area contributed by atoms with Crippen molar-refractivity contribution in [1.82, 2.24) is 14.7 Å². The van der Waals surface area contributed by atoms with E-state index in [1.165, 1.54) is 0 Å². The highest BCUT2D eigenvalue weighted by atomic mass is 35.5. The molecule has 0 unspecified atom stereocenters. The second kappa shape index (κ2) is 6.81. The summed E-state index contributed by atoms with van der Waals surface area (Å²) >= 11 is 12.0. The lowest BCUT2D eigenvalue weighted by atomic mass is 10.2. The van der Waals surface area contributed by atoms with Gasteiger partial charge in [0.1, 0.15) is 5.69 Å². The van der Waals surface area contributed by atoms with Crippen molar-refractivity contribution in [3.8, 4) is 0 Å². The molecular formula is C16H18Cl2N4O. The third-order valence-electron chi connectivity index (χ3n) is 4.07. The van der Waals surface area contributed by atoms with Gasteiger partial charge in [-0.3, -0.25) is 9.48 Å². The molecule has 0 N–H and O–H groups in total. The summed E-state index contributed by atoms with van der Waals surface area (Å²) < 4.78 is 1.73. The van der Waals surface area contributed by atoms with Crippen LogP contribution in [0.1, 0.15) is 17.4 Å². The number of hydrogen-bond donors (Lipinski definition) is 0. The highest BCUT2D eigenvalue weighted by Crippen LogP contribution is 2.27. The van der Waals surface area contributed by atoms with E-state index in [2.05, 4.69) is 10.00 Å². The van der Waals surface area contributed by atoms with Crippen LogP contribution in [-0.2, 0) is 6.54 Å². The molecule has 1 aromatic carbocycles. The van der Waals surface area contributed by atoms with E-state index in [1.54, 1.807) is 23.0 Å². The minimum Gasteiger partial charge on any atom is -0.368 e. The number of rotatable bonds is 3. The van der Waals surface area contributed by atoms with Crippen molar-refractivity contribution >= 4 is 34.8 Å². The van der Waals surface area contributed by atoms with Crippen LogP contribution < -0.4 is 4.90 Å². The van der Waals surface area contributed by atoms with Gasteiger partial charge < -0.3 is 9.80 Å². The molecule has 122 valence electrons. The maximum atomic E-state index is 12.6. The van der Waals surface area contributed by atoms with Crippen LogP contribution >= 0.6 is 23.2 Å². The summed E-state index contributed by atoms with van der Waals surface area (Å²) in [6.07, 6.45) is 1.67. The van der Waals surface area contributed by atoms with E-state index in [1.807, 2.05) is 24.0 Å². The molecule has 1 amide bonds. The van der Waals surface area contributed by atoms with Gasteiger partial charge in [0.2, 0.25) is 0 Å². The lowest BCUT2D eigenvalue weighted by Crippen LogP contribution is -2.49. The van der Waals surface area contributed by atoms with Gasteiger partial charge in [-0.25, -0.2) is 0 Å². The van der Waals surface area contributed by atoms with Gasteiger partial charge in [-0.1, -0.05) is 23.2 Å². The number of benzene rings is 1. The molecule has 2 aromatic rings. The minimum atomic E-state index is 0.0399. The molecule has 2 heterocycles. The van der Waals surface area contributed by atoms with E-state index in [4.69, 9.17) is 23.2 Å². The number of anilines is 1. The summed E-state index contributed by atoms with van der Waals surface area (Å²) in [5, 5.41) is 5.27. The first-order chi connectivity index (χ1) is 11.1. The van der Waals surface area contributed by atoms with Gasteiger partial charge in [-0.15, -0.1) is 0 Å². The minimum absolute atomic E-state index is 0.0399. The molecular weight excluding hydrogens is 335 g/mol. The van der Waals surface area contributed by atoms with Crippen LogP contribution in [0.3, 0.4) is 0 Å². The molecule has 0 spiro atoms. The van der Waals surface area contributed by atoms with Crippen LogP contribution in [0.4, 0.5) is 5.69 Å². The number of nitrogens with zero attached hydrogens (tertiary/aromatic N) is 4. The van der Waals surface area contributed by atoms with E-state index in [-0.39, 0.29) is 5.91 Å². The van der Waals surface area contributed by atoms with E-state index in [9.17, 15) is 4.79 Å². The number of amides is 1. The molecule has 1 saturated heterocycles. The summed E-state index contributed by atoms with van der Waals surface area (Å²) in [5.74, 6) is 0.0399. The molecule has 1 aliphatic rings. The molecule has 7 heteroatoms. The van der Waals surface area contributed by atoms with Crippen molar-refractivity contribution in [2.75, 3.05) is 31.1 Å². The Morgan fingerprint density at radius 2 is 1.87 bits per heavy atom. The first-order valence-electron chi connectivity index (χ1n) is 7.61. The highest BCUT2D eigenvalue weighted by molar-refractivity contribution is 6.42. The van der Waals surface area contributed by atoms with E-state index in [0.717, 1.165) is 18.8 Å². The second-order valence-electron chi connectivity index (χ2n) is 5.41. The maximum absolute atomic E-state index is 12.6. The number of hydrogen-bond acceptors (Lipinski definition) is 3. The lowest BCUT2D eigenvalue weighted by Gasteiger charge is -2.36. The fourth-order valence-corrected chi connectivity index (χ4v) is 3.07. The van der Waals surface area contributed by atoms with E-state index in [0.29, 0.717) is 35.4 Å². The number of aryl methyl sites for hydroxylation is 1. The second-order valence-corrected chi connectivity index (χ2v) is 6.22. The Morgan fingerprint density at radius 1 is 1.13 bits per heavy atom. The molecule has 3 rings (SSSR count). The first kappa shape index (κ1) is 16.1. The molecule has 0 aliphatic carbocycles. The Hall–Kier alpha value is -1.72. The Bertz CT molecular complexity index is 708. The molecule has 1 aliphatic heterocycles. The molecule has 1 fully saturated rings. The van der Waals surface area contributed by atoms with Gasteiger partial charge >= 0.3 is 0 Å². The zero-order valence-electron chi connectivity index (χ0n) is 12.9. The molecule has 1 aromatic heterocycles. The SMILES string of the molecule is CCn1nccc1C(=O)N1CCN(c2ccc(Cl)c(Cl)c2)CC1. The monoisotopic (exact) mass is 352 g/mol. The quantitative estimate of drug-likeness (QED) is 0.851. The molecule has 0 saturated carbocycles. The Morgan fingerprint density at radius 3 is 2.52 bits per heavy atom. The van der Waals surface area contributed by atoms with Crippen molar-refractivity contribution in [3.05, 3.63) is 46.2 Å². The summed E-state index contributed by atoms with van der Waals surface area (Å²) in [7, 11) is 0. The summed E-state index contributed by atoms with van der Waals surface area (Å²) in [6.45, 7) is 5.55. The molecule has 0 bridgehead atoms. The van der Waals surface area contributed by atoms with Crippen LogP contribution in [0.25, 0.3) is 0 Å². The number of aromatic nitrogens is 2. The number of halogens is 2. The van der Waals surface area contributed by atoms with Crippen LogP contribution in [0.5, 0.6) is 0 Å². The zero-order valence-corrected chi connectivity index (χ0v) is 14.4. The van der Waals surface area contributed by atoms with Gasteiger partial charge in [0.05, 0.1) is 10.0 Å². The lowest BCUT2D eigenvalue weighted by molar-refractivity contribution is 0.0734. The topological polar surface area (TPSA) is 41.4 Å². The largest absolute Gasteiger partial charge is 0.368 e. The van der Waals surface area contributed by atoms with Gasteiger partial charge in [0, 0.05) is 44.6 Å². The average Bonchev–Trinajstić information content (AvgIpc) is 3.05. The fraction of sp³-hybridized carbons (Fsp3) is 0.375. The molecule has 0 radical (unpaired) electrons. The van der Waals surface area contributed by atoms with Crippen molar-refractivity contribution < 1.29 is 4.79 Å². The predicted octanol–water partition coefficient (Wildman–Crippen LogP) is 3.17.